The minimum atomic E-state index is -4.54. The average Bonchev–Trinajstić information content (AvgIpc) is 2.78. The number of hydrogen-bond acceptors (Lipinski definition) is 5. The zero-order valence-electron chi connectivity index (χ0n) is 9.31. The van der Waals surface area contributed by atoms with E-state index in [4.69, 9.17) is 11.8 Å². The first-order valence-corrected chi connectivity index (χ1v) is 6.04. The van der Waals surface area contributed by atoms with Gasteiger partial charge in [-0.05, 0) is 0 Å². The number of alkyl halides is 3. The molecule has 8 heteroatoms. The Morgan fingerprint density at radius 3 is 2.67 bits per heavy atom. The van der Waals surface area contributed by atoms with Crippen LogP contribution in [-0.4, -0.2) is 37.5 Å². The Hall–Kier alpha value is -0.860. The molecule has 1 saturated heterocycles. The van der Waals surface area contributed by atoms with E-state index in [-0.39, 0.29) is 4.88 Å². The molecule has 2 radical (unpaired) electrons. The standard InChI is InChI=1S/C10H11F3N2O2S/c1-16-8(10(11,12)13)7-6-14-9(18-7)15-2-4-17-5-3-15/h1,6,8H,2-5H2. The Morgan fingerprint density at radius 1 is 1.44 bits per heavy atom. The molecule has 0 aromatic carbocycles. The van der Waals surface area contributed by atoms with Gasteiger partial charge in [0, 0.05) is 19.3 Å². The van der Waals surface area contributed by atoms with Gasteiger partial charge in [0.05, 0.1) is 18.1 Å². The molecule has 0 N–H and O–H groups in total. The first kappa shape index (κ1) is 13.6. The highest BCUT2D eigenvalue weighted by Gasteiger charge is 2.42. The lowest BCUT2D eigenvalue weighted by atomic mass is 10.3. The summed E-state index contributed by atoms with van der Waals surface area (Å²) in [6.45, 7) is 2.33. The molecule has 0 aliphatic carbocycles. The third kappa shape index (κ3) is 2.93. The summed E-state index contributed by atoms with van der Waals surface area (Å²) in [4.78, 5) is 5.80. The van der Waals surface area contributed by atoms with E-state index in [2.05, 4.69) is 9.72 Å². The molecule has 1 aromatic rings. The van der Waals surface area contributed by atoms with Crippen molar-refractivity contribution >= 4 is 16.5 Å². The fourth-order valence-corrected chi connectivity index (χ4v) is 2.63. The van der Waals surface area contributed by atoms with Crippen LogP contribution in [0.25, 0.3) is 0 Å². The van der Waals surface area contributed by atoms with Crippen LogP contribution >= 0.6 is 11.3 Å². The van der Waals surface area contributed by atoms with Gasteiger partial charge in [0.2, 0.25) is 0 Å². The third-order valence-corrected chi connectivity index (χ3v) is 3.59. The fourth-order valence-electron chi connectivity index (χ4n) is 1.60. The number of anilines is 1. The molecule has 1 aliphatic heterocycles. The van der Waals surface area contributed by atoms with E-state index < -0.39 is 12.3 Å². The number of ether oxygens (including phenoxy) is 2. The van der Waals surface area contributed by atoms with Crippen LogP contribution < -0.4 is 4.90 Å². The van der Waals surface area contributed by atoms with Crippen LogP contribution in [-0.2, 0) is 9.47 Å². The first-order chi connectivity index (χ1) is 8.52. The Balaban J connectivity index is 2.13. The molecule has 1 fully saturated rings. The second-order valence-electron chi connectivity index (χ2n) is 3.70. The average molecular weight is 280 g/mol. The summed E-state index contributed by atoms with van der Waals surface area (Å²) < 4.78 is 47.0. The number of thiazole rings is 1. The van der Waals surface area contributed by atoms with Gasteiger partial charge in [0.15, 0.2) is 11.2 Å². The van der Waals surface area contributed by atoms with E-state index in [1.54, 1.807) is 0 Å². The lowest BCUT2D eigenvalue weighted by Gasteiger charge is -2.26. The summed E-state index contributed by atoms with van der Waals surface area (Å²) in [5.74, 6) is 0. The van der Waals surface area contributed by atoms with Gasteiger partial charge in [0.25, 0.3) is 0 Å². The summed E-state index contributed by atoms with van der Waals surface area (Å²) in [6.07, 6.45) is -5.51. The molecule has 1 aromatic heterocycles. The second kappa shape index (κ2) is 5.41. The van der Waals surface area contributed by atoms with Crippen LogP contribution in [0.5, 0.6) is 0 Å². The minimum absolute atomic E-state index is 0.0495. The predicted molar refractivity (Wildman–Crippen MR) is 59.3 cm³/mol. The quantitative estimate of drug-likeness (QED) is 0.850. The van der Waals surface area contributed by atoms with Crippen molar-refractivity contribution in [1.29, 1.82) is 0 Å². The molecule has 1 aliphatic rings. The maximum atomic E-state index is 12.6. The number of nitrogens with zero attached hydrogens (tertiary/aromatic N) is 2. The second-order valence-corrected chi connectivity index (χ2v) is 4.74. The fraction of sp³-hybridized carbons (Fsp3) is 0.600. The first-order valence-electron chi connectivity index (χ1n) is 5.23. The van der Waals surface area contributed by atoms with Crippen LogP contribution in [0.4, 0.5) is 18.3 Å². The van der Waals surface area contributed by atoms with Crippen LogP contribution in [0.3, 0.4) is 0 Å². The summed E-state index contributed by atoms with van der Waals surface area (Å²) in [7, 11) is 4.70. The molecule has 1 atom stereocenters. The van der Waals surface area contributed by atoms with Crippen molar-refractivity contribution in [1.82, 2.24) is 4.98 Å². The lowest BCUT2D eigenvalue weighted by Crippen LogP contribution is -2.36. The normalized spacial score (nSPS) is 19.0. The lowest BCUT2D eigenvalue weighted by molar-refractivity contribution is -0.208. The largest absolute Gasteiger partial charge is 0.419 e. The van der Waals surface area contributed by atoms with Crippen molar-refractivity contribution in [2.75, 3.05) is 31.2 Å². The topological polar surface area (TPSA) is 34.6 Å². The smallest absolute Gasteiger partial charge is 0.378 e. The van der Waals surface area contributed by atoms with Gasteiger partial charge >= 0.3 is 6.18 Å². The van der Waals surface area contributed by atoms with Crippen molar-refractivity contribution in [3.63, 3.8) is 0 Å². The Labute approximate surface area is 106 Å². The number of hydrogen-bond donors (Lipinski definition) is 0. The molecule has 0 bridgehead atoms. The van der Waals surface area contributed by atoms with Crippen molar-refractivity contribution in [3.05, 3.63) is 18.2 Å². The molecular formula is C10H11F3N2O2S. The van der Waals surface area contributed by atoms with E-state index in [9.17, 15) is 13.2 Å². The molecule has 2 rings (SSSR count). The van der Waals surface area contributed by atoms with Crippen LogP contribution in [0.2, 0.25) is 0 Å². The molecule has 18 heavy (non-hydrogen) atoms. The van der Waals surface area contributed by atoms with Crippen molar-refractivity contribution < 1.29 is 22.6 Å². The van der Waals surface area contributed by atoms with E-state index >= 15 is 0 Å². The van der Waals surface area contributed by atoms with Crippen molar-refractivity contribution in [2.24, 2.45) is 0 Å². The van der Waals surface area contributed by atoms with Crippen LogP contribution in [0.1, 0.15) is 11.0 Å². The summed E-state index contributed by atoms with van der Waals surface area (Å²) in [5.41, 5.74) is 0. The summed E-state index contributed by atoms with van der Waals surface area (Å²) >= 11 is 0.933. The third-order valence-electron chi connectivity index (χ3n) is 2.48. The SMILES string of the molecule is [CH]OC(c1cnc(N2CCOCC2)s1)C(F)(F)F. The maximum Gasteiger partial charge on any atom is 0.419 e. The van der Waals surface area contributed by atoms with Gasteiger partial charge in [-0.2, -0.15) is 13.2 Å². The van der Waals surface area contributed by atoms with Gasteiger partial charge in [-0.3, -0.25) is 0 Å². The van der Waals surface area contributed by atoms with E-state index in [1.165, 1.54) is 0 Å². The molecule has 100 valence electrons. The summed E-state index contributed by atoms with van der Waals surface area (Å²) in [6, 6.07) is 0. The molecule has 4 nitrogen and oxygen atoms in total. The van der Waals surface area contributed by atoms with E-state index in [1.807, 2.05) is 4.90 Å². The highest BCUT2D eigenvalue weighted by atomic mass is 32.1. The van der Waals surface area contributed by atoms with Crippen LogP contribution in [0.15, 0.2) is 6.20 Å². The van der Waals surface area contributed by atoms with Gasteiger partial charge in [0.1, 0.15) is 7.11 Å². The zero-order valence-corrected chi connectivity index (χ0v) is 10.1. The van der Waals surface area contributed by atoms with Crippen LogP contribution in [0, 0.1) is 7.11 Å². The number of aromatic nitrogens is 1. The Bertz CT molecular complexity index is 391. The predicted octanol–water partition coefficient (Wildman–Crippen LogP) is 2.27. The van der Waals surface area contributed by atoms with Crippen molar-refractivity contribution in [2.45, 2.75) is 12.3 Å². The van der Waals surface area contributed by atoms with Gasteiger partial charge in [-0.1, -0.05) is 11.3 Å². The zero-order chi connectivity index (χ0) is 13.2. The molecular weight excluding hydrogens is 269 g/mol. The Kier molecular flexibility index (Phi) is 4.08. The highest BCUT2D eigenvalue weighted by Crippen LogP contribution is 2.39. The van der Waals surface area contributed by atoms with E-state index in [0.717, 1.165) is 17.5 Å². The Morgan fingerprint density at radius 2 is 2.11 bits per heavy atom. The molecule has 2 heterocycles. The number of halogens is 3. The molecule has 0 saturated carbocycles. The maximum absolute atomic E-state index is 12.6. The molecule has 0 spiro atoms. The van der Waals surface area contributed by atoms with E-state index in [0.29, 0.717) is 31.4 Å². The van der Waals surface area contributed by atoms with Gasteiger partial charge < -0.3 is 14.4 Å². The monoisotopic (exact) mass is 280 g/mol. The van der Waals surface area contributed by atoms with Crippen molar-refractivity contribution in [3.8, 4) is 0 Å². The highest BCUT2D eigenvalue weighted by molar-refractivity contribution is 7.15. The summed E-state index contributed by atoms with van der Waals surface area (Å²) in [5, 5.41) is 0.527. The molecule has 0 amide bonds. The minimum Gasteiger partial charge on any atom is -0.378 e. The number of morpholine rings is 1. The van der Waals surface area contributed by atoms with Gasteiger partial charge in [-0.15, -0.1) is 0 Å². The molecule has 1 unspecified atom stereocenters. The number of rotatable bonds is 3. The van der Waals surface area contributed by atoms with Gasteiger partial charge in [-0.25, -0.2) is 4.98 Å².